The molecule has 0 aromatic carbocycles. The first-order valence-corrected chi connectivity index (χ1v) is 9.62. The molecule has 1 N–H and O–H groups in total. The second kappa shape index (κ2) is 7.81. The maximum atomic E-state index is 11.7. The maximum Gasteiger partial charge on any atom is 0.407 e. The summed E-state index contributed by atoms with van der Waals surface area (Å²) >= 11 is 0. The van der Waals surface area contributed by atoms with Crippen LogP contribution in [0.25, 0.3) is 0 Å². The van der Waals surface area contributed by atoms with E-state index in [1.54, 1.807) is 6.07 Å². The van der Waals surface area contributed by atoms with Crippen LogP contribution in [0.3, 0.4) is 0 Å². The number of hydrogen-bond donors (Lipinski definition) is 1. The molecule has 1 aromatic heterocycles. The molecule has 2 rings (SSSR count). The number of rotatable bonds is 5. The van der Waals surface area contributed by atoms with E-state index in [2.05, 4.69) is 25.8 Å². The fraction of sp³-hybridized carbons (Fsp3) is 0.647. The summed E-state index contributed by atoms with van der Waals surface area (Å²) in [7, 11) is 0.229. The molecule has 0 bridgehead atoms. The molecule has 0 unspecified atom stereocenters. The molecule has 2 heterocycles. The Morgan fingerprint density at radius 1 is 1.33 bits per heavy atom. The minimum atomic E-state index is -0.975. The van der Waals surface area contributed by atoms with E-state index in [9.17, 15) is 20.0 Å². The molecule has 1 atom stereocenters. The van der Waals surface area contributed by atoms with Gasteiger partial charge in [0.2, 0.25) is 9.76 Å². The van der Waals surface area contributed by atoms with E-state index < -0.39 is 16.6 Å². The van der Waals surface area contributed by atoms with Crippen LogP contribution < -0.4 is 4.90 Å². The lowest BCUT2D eigenvalue weighted by molar-refractivity contribution is -0.389. The maximum absolute atomic E-state index is 11.7. The number of nitrogens with zero attached hydrogens (tertiary/aromatic N) is 4. The van der Waals surface area contributed by atoms with E-state index in [-0.39, 0.29) is 26.7 Å². The summed E-state index contributed by atoms with van der Waals surface area (Å²) in [6.45, 7) is 11.3. The van der Waals surface area contributed by atoms with E-state index in [0.717, 1.165) is 5.69 Å². The van der Waals surface area contributed by atoms with Crippen molar-refractivity contribution in [3.05, 3.63) is 28.4 Å². The highest BCUT2D eigenvalue weighted by Gasteiger charge is 2.42. The Labute approximate surface area is 161 Å². The summed E-state index contributed by atoms with van der Waals surface area (Å²) in [5.41, 5.74) is 0.0430. The normalized spacial score (nSPS) is 18.5. The standard InChI is InChI=1S/C17H26N4O5Si/c1-16(2,3)27-26-17(4,5)13-11-19(8-9-20(13)15(22)23)12-6-7-14(18-10-12)21(24)25/h6-7,10,13H,8-9,11H2,1-5H3,(H,22,23)/t13-/m1/s1. The molecule has 9 nitrogen and oxygen atoms in total. The number of hydrogen-bond acceptors (Lipinski definition) is 6. The van der Waals surface area contributed by atoms with Crippen molar-refractivity contribution in [2.24, 2.45) is 0 Å². The predicted octanol–water partition coefficient (Wildman–Crippen LogP) is 2.79. The van der Waals surface area contributed by atoms with Crippen LogP contribution in [-0.4, -0.2) is 67.0 Å². The van der Waals surface area contributed by atoms with Crippen LogP contribution in [0.4, 0.5) is 16.3 Å². The molecule has 148 valence electrons. The van der Waals surface area contributed by atoms with Gasteiger partial charge in [-0.05, 0) is 34.9 Å². The van der Waals surface area contributed by atoms with Gasteiger partial charge in [-0.2, -0.15) is 0 Å². The summed E-state index contributed by atoms with van der Waals surface area (Å²) in [6.07, 6.45) is 0.480. The molecule has 1 saturated heterocycles. The number of anilines is 1. The Morgan fingerprint density at radius 3 is 2.48 bits per heavy atom. The van der Waals surface area contributed by atoms with Gasteiger partial charge in [0, 0.05) is 25.7 Å². The lowest BCUT2D eigenvalue weighted by Crippen LogP contribution is -2.63. The van der Waals surface area contributed by atoms with Crippen molar-refractivity contribution in [3.8, 4) is 0 Å². The average molecular weight is 395 g/mol. The van der Waals surface area contributed by atoms with E-state index in [0.29, 0.717) is 19.6 Å². The molecule has 0 spiro atoms. The van der Waals surface area contributed by atoms with Gasteiger partial charge in [0.15, 0.2) is 6.20 Å². The molecule has 1 aromatic rings. The van der Waals surface area contributed by atoms with Crippen molar-refractivity contribution < 1.29 is 19.3 Å². The lowest BCUT2D eigenvalue weighted by atomic mass is 9.95. The molecule has 1 aliphatic heterocycles. The monoisotopic (exact) mass is 394 g/mol. The number of aromatic nitrogens is 1. The van der Waals surface area contributed by atoms with Gasteiger partial charge in [0.1, 0.15) is 0 Å². The molecular formula is C17H26N4O5Si. The second-order valence-electron chi connectivity index (χ2n) is 8.13. The second-order valence-corrected chi connectivity index (χ2v) is 10.0. The molecule has 0 aliphatic carbocycles. The topological polar surface area (TPSA) is 109 Å². The van der Waals surface area contributed by atoms with Crippen LogP contribution in [0.5, 0.6) is 0 Å². The fourth-order valence-corrected chi connectivity index (χ4v) is 3.57. The highest BCUT2D eigenvalue weighted by Crippen LogP contribution is 2.30. The predicted molar refractivity (Wildman–Crippen MR) is 102 cm³/mol. The largest absolute Gasteiger partial charge is 0.465 e. The lowest BCUT2D eigenvalue weighted by Gasteiger charge is -2.48. The van der Waals surface area contributed by atoms with Gasteiger partial charge in [-0.25, -0.2) is 4.79 Å². The molecule has 27 heavy (non-hydrogen) atoms. The number of piperazine rings is 1. The van der Waals surface area contributed by atoms with Crippen LogP contribution in [0, 0.1) is 10.1 Å². The van der Waals surface area contributed by atoms with E-state index in [1.807, 2.05) is 18.7 Å². The Kier molecular flexibility index (Phi) is 6.10. The zero-order valence-corrected chi connectivity index (χ0v) is 17.3. The van der Waals surface area contributed by atoms with Crippen molar-refractivity contribution in [2.75, 3.05) is 24.5 Å². The number of carbonyl (C=O) groups is 1. The third kappa shape index (κ3) is 5.39. The minimum Gasteiger partial charge on any atom is -0.465 e. The van der Waals surface area contributed by atoms with Gasteiger partial charge >= 0.3 is 11.9 Å². The van der Waals surface area contributed by atoms with Gasteiger partial charge in [0.05, 0.1) is 17.3 Å². The van der Waals surface area contributed by atoms with Crippen LogP contribution in [0.15, 0.2) is 18.3 Å². The Balaban J connectivity index is 2.21. The van der Waals surface area contributed by atoms with E-state index in [1.165, 1.54) is 17.2 Å². The van der Waals surface area contributed by atoms with Gasteiger partial charge in [0.25, 0.3) is 0 Å². The molecule has 0 saturated carbocycles. The zero-order valence-electron chi connectivity index (χ0n) is 16.3. The van der Waals surface area contributed by atoms with Crippen LogP contribution in [0.1, 0.15) is 34.6 Å². The first kappa shape index (κ1) is 21.1. The summed E-state index contributed by atoms with van der Waals surface area (Å²) in [6, 6.07) is 2.62. The molecular weight excluding hydrogens is 368 g/mol. The summed E-state index contributed by atoms with van der Waals surface area (Å²) < 4.78 is 6.14. The Hall–Kier alpha value is -2.20. The van der Waals surface area contributed by atoms with Crippen molar-refractivity contribution in [3.63, 3.8) is 0 Å². The van der Waals surface area contributed by atoms with Crippen molar-refractivity contribution in [1.29, 1.82) is 0 Å². The average Bonchev–Trinajstić information content (AvgIpc) is 2.59. The molecule has 1 amide bonds. The summed E-state index contributed by atoms with van der Waals surface area (Å²) in [5, 5.41) is 20.4. The van der Waals surface area contributed by atoms with E-state index >= 15 is 0 Å². The first-order chi connectivity index (χ1) is 12.4. The van der Waals surface area contributed by atoms with Crippen molar-refractivity contribution in [1.82, 2.24) is 9.88 Å². The van der Waals surface area contributed by atoms with Gasteiger partial charge < -0.3 is 24.5 Å². The Morgan fingerprint density at radius 2 is 2.00 bits per heavy atom. The molecule has 1 aliphatic rings. The van der Waals surface area contributed by atoms with Crippen LogP contribution in [-0.2, 0) is 4.43 Å². The van der Waals surface area contributed by atoms with Gasteiger partial charge in [-0.1, -0.05) is 20.8 Å². The smallest absolute Gasteiger partial charge is 0.407 e. The van der Waals surface area contributed by atoms with Crippen molar-refractivity contribution in [2.45, 2.75) is 51.3 Å². The zero-order chi connectivity index (χ0) is 20.4. The highest BCUT2D eigenvalue weighted by molar-refractivity contribution is 6.31. The molecule has 2 radical (unpaired) electrons. The SMILES string of the molecule is CC(C)(C)[Si]OC(C)(C)[C@H]1CN(c2ccc([N+](=O)[O-])nc2)CCN1C(=O)O. The summed E-state index contributed by atoms with van der Waals surface area (Å²) in [4.78, 5) is 29.3. The third-order valence-corrected chi connectivity index (χ3v) is 5.57. The number of amides is 1. The molecule has 10 heteroatoms. The number of carboxylic acid groups (broad SMARTS) is 1. The number of nitro groups is 1. The van der Waals surface area contributed by atoms with Crippen molar-refractivity contribution >= 4 is 27.4 Å². The van der Waals surface area contributed by atoms with Gasteiger partial charge in [-0.3, -0.25) is 4.90 Å². The third-order valence-electron chi connectivity index (χ3n) is 4.33. The van der Waals surface area contributed by atoms with Gasteiger partial charge in [-0.15, -0.1) is 0 Å². The highest BCUT2D eigenvalue weighted by atomic mass is 28.2. The Bertz CT molecular complexity index is 690. The molecule has 1 fully saturated rings. The fourth-order valence-electron chi connectivity index (χ4n) is 2.87. The van der Waals surface area contributed by atoms with E-state index in [4.69, 9.17) is 4.43 Å². The van der Waals surface area contributed by atoms with Crippen LogP contribution in [0.2, 0.25) is 5.04 Å². The number of pyridine rings is 1. The summed E-state index contributed by atoms with van der Waals surface area (Å²) in [5.74, 6) is -0.213. The minimum absolute atomic E-state index is 0.0119. The van der Waals surface area contributed by atoms with Crippen LogP contribution >= 0.6 is 0 Å². The first-order valence-electron chi connectivity index (χ1n) is 8.71. The quantitative estimate of drug-likeness (QED) is 0.464.